The molecular formula is C26H48O4. The number of rotatable bonds is 21. The molecule has 0 rings (SSSR count). The minimum absolute atomic E-state index is 0.0702. The van der Waals surface area contributed by atoms with E-state index in [-0.39, 0.29) is 18.2 Å². The zero-order valence-corrected chi connectivity index (χ0v) is 20.2. The maximum atomic E-state index is 11.8. The summed E-state index contributed by atoms with van der Waals surface area (Å²) in [5.41, 5.74) is 0. The van der Waals surface area contributed by atoms with Crippen LogP contribution in [0.2, 0.25) is 0 Å². The van der Waals surface area contributed by atoms with E-state index in [1.807, 2.05) is 20.8 Å². The second-order valence-electron chi connectivity index (χ2n) is 8.07. The normalized spacial score (nSPS) is 13.9. The first-order chi connectivity index (χ1) is 14.6. The molecule has 0 N–H and O–H groups in total. The molecule has 30 heavy (non-hydrogen) atoms. The van der Waals surface area contributed by atoms with Gasteiger partial charge in [-0.2, -0.15) is 0 Å². The molecule has 0 saturated carbocycles. The highest BCUT2D eigenvalue weighted by molar-refractivity contribution is 5.69. The standard InChI is InChI=1S/C26H48O4/c1-5-7-8-9-10-11-12-13-14-15-16-17-18-19-20-21-26(27)30-23-25(4)29-22-24(3)28-6-2/h10-11,13-14,24-25H,5-9,12,15-23H2,1-4H3/b11-10-,14-13-. The lowest BCUT2D eigenvalue weighted by atomic mass is 10.1. The highest BCUT2D eigenvalue weighted by Crippen LogP contribution is 2.09. The number of carbonyl (C=O) groups excluding carboxylic acids is 1. The van der Waals surface area contributed by atoms with E-state index in [4.69, 9.17) is 14.2 Å². The van der Waals surface area contributed by atoms with Crippen LogP contribution in [-0.4, -0.2) is 38.0 Å². The highest BCUT2D eigenvalue weighted by Gasteiger charge is 2.09. The van der Waals surface area contributed by atoms with Crippen molar-refractivity contribution in [2.45, 2.75) is 117 Å². The summed E-state index contributed by atoms with van der Waals surface area (Å²) in [6.45, 7) is 9.63. The predicted octanol–water partition coefficient (Wildman–Crippen LogP) is 7.17. The van der Waals surface area contributed by atoms with Gasteiger partial charge in [0, 0.05) is 13.0 Å². The Morgan fingerprint density at radius 3 is 2.00 bits per heavy atom. The molecule has 2 unspecified atom stereocenters. The van der Waals surface area contributed by atoms with Crippen molar-refractivity contribution in [2.75, 3.05) is 19.8 Å². The maximum Gasteiger partial charge on any atom is 0.305 e. The molecule has 0 fully saturated rings. The van der Waals surface area contributed by atoms with Gasteiger partial charge in [0.2, 0.25) is 0 Å². The molecule has 0 bridgehead atoms. The van der Waals surface area contributed by atoms with Crippen LogP contribution >= 0.6 is 0 Å². The predicted molar refractivity (Wildman–Crippen MR) is 127 cm³/mol. The molecule has 0 aliphatic carbocycles. The Kier molecular flexibility index (Phi) is 21.7. The first-order valence-electron chi connectivity index (χ1n) is 12.3. The van der Waals surface area contributed by atoms with Crippen LogP contribution in [0.25, 0.3) is 0 Å². The first-order valence-corrected chi connectivity index (χ1v) is 12.3. The van der Waals surface area contributed by atoms with E-state index in [1.54, 1.807) is 0 Å². The Bertz CT molecular complexity index is 431. The molecule has 4 nitrogen and oxygen atoms in total. The van der Waals surface area contributed by atoms with Crippen molar-refractivity contribution in [2.24, 2.45) is 0 Å². The minimum atomic E-state index is -0.117. The monoisotopic (exact) mass is 424 g/mol. The van der Waals surface area contributed by atoms with Crippen LogP contribution in [0.4, 0.5) is 0 Å². The van der Waals surface area contributed by atoms with E-state index in [9.17, 15) is 4.79 Å². The van der Waals surface area contributed by atoms with Gasteiger partial charge < -0.3 is 14.2 Å². The van der Waals surface area contributed by atoms with Crippen LogP contribution in [0.3, 0.4) is 0 Å². The van der Waals surface area contributed by atoms with Gasteiger partial charge in [0.1, 0.15) is 6.61 Å². The average molecular weight is 425 g/mol. The van der Waals surface area contributed by atoms with Crippen molar-refractivity contribution in [3.63, 3.8) is 0 Å². The van der Waals surface area contributed by atoms with Gasteiger partial charge in [0.25, 0.3) is 0 Å². The van der Waals surface area contributed by atoms with Crippen molar-refractivity contribution in [3.05, 3.63) is 24.3 Å². The van der Waals surface area contributed by atoms with Gasteiger partial charge in [0.05, 0.1) is 18.8 Å². The molecule has 0 saturated heterocycles. The Labute approximate surface area is 186 Å². The van der Waals surface area contributed by atoms with E-state index in [2.05, 4.69) is 31.2 Å². The zero-order chi connectivity index (χ0) is 22.3. The third-order valence-corrected chi connectivity index (χ3v) is 4.88. The number of ether oxygens (including phenoxy) is 3. The SMILES string of the molecule is CCCCC/C=C\C/C=C\CCCCCCCC(=O)OCC(C)OCC(C)OCC. The van der Waals surface area contributed by atoms with Crippen LogP contribution in [0.1, 0.15) is 105 Å². The number of hydrogen-bond donors (Lipinski definition) is 0. The van der Waals surface area contributed by atoms with Crippen molar-refractivity contribution < 1.29 is 19.0 Å². The summed E-state index contributed by atoms with van der Waals surface area (Å²) in [6.07, 6.45) is 22.7. The second-order valence-corrected chi connectivity index (χ2v) is 8.07. The average Bonchev–Trinajstić information content (AvgIpc) is 2.73. The fourth-order valence-corrected chi connectivity index (χ4v) is 3.04. The van der Waals surface area contributed by atoms with E-state index in [1.165, 1.54) is 44.9 Å². The van der Waals surface area contributed by atoms with Crippen molar-refractivity contribution in [3.8, 4) is 0 Å². The maximum absolute atomic E-state index is 11.8. The number of allylic oxidation sites excluding steroid dienone is 4. The summed E-state index contributed by atoms with van der Waals surface area (Å²) < 4.78 is 16.3. The largest absolute Gasteiger partial charge is 0.463 e. The molecule has 0 aromatic rings. The molecule has 0 aromatic heterocycles. The Hall–Kier alpha value is -1.13. The number of carbonyl (C=O) groups is 1. The molecule has 0 spiro atoms. The Balaban J connectivity index is 3.43. The van der Waals surface area contributed by atoms with Crippen molar-refractivity contribution in [1.29, 1.82) is 0 Å². The van der Waals surface area contributed by atoms with Gasteiger partial charge in [-0.05, 0) is 59.3 Å². The number of hydrogen-bond acceptors (Lipinski definition) is 4. The highest BCUT2D eigenvalue weighted by atomic mass is 16.6. The summed E-state index contributed by atoms with van der Waals surface area (Å²) in [7, 11) is 0. The van der Waals surface area contributed by atoms with Gasteiger partial charge in [-0.3, -0.25) is 4.79 Å². The molecule has 176 valence electrons. The molecule has 0 aromatic carbocycles. The van der Waals surface area contributed by atoms with E-state index < -0.39 is 0 Å². The third kappa shape index (κ3) is 21.6. The van der Waals surface area contributed by atoms with E-state index in [0.29, 0.717) is 26.2 Å². The molecule has 2 atom stereocenters. The first kappa shape index (κ1) is 28.9. The fourth-order valence-electron chi connectivity index (χ4n) is 3.04. The van der Waals surface area contributed by atoms with Crippen LogP contribution in [0.15, 0.2) is 24.3 Å². The van der Waals surface area contributed by atoms with Crippen LogP contribution in [0, 0.1) is 0 Å². The molecule has 4 heteroatoms. The van der Waals surface area contributed by atoms with Gasteiger partial charge >= 0.3 is 5.97 Å². The third-order valence-electron chi connectivity index (χ3n) is 4.88. The van der Waals surface area contributed by atoms with Gasteiger partial charge in [0.15, 0.2) is 0 Å². The minimum Gasteiger partial charge on any atom is -0.463 e. The smallest absolute Gasteiger partial charge is 0.305 e. The topological polar surface area (TPSA) is 44.8 Å². The summed E-state index contributed by atoms with van der Waals surface area (Å²) in [5, 5.41) is 0. The van der Waals surface area contributed by atoms with Gasteiger partial charge in [-0.1, -0.05) is 63.3 Å². The molecule has 0 heterocycles. The van der Waals surface area contributed by atoms with Crippen LogP contribution in [0.5, 0.6) is 0 Å². The quantitative estimate of drug-likeness (QED) is 0.111. The molecule has 0 radical (unpaired) electrons. The Morgan fingerprint density at radius 2 is 1.33 bits per heavy atom. The molecular weight excluding hydrogens is 376 g/mol. The van der Waals surface area contributed by atoms with Crippen LogP contribution < -0.4 is 0 Å². The zero-order valence-electron chi connectivity index (χ0n) is 20.2. The fraction of sp³-hybridized carbons (Fsp3) is 0.808. The summed E-state index contributed by atoms with van der Waals surface area (Å²) in [4.78, 5) is 11.8. The number of unbranched alkanes of at least 4 members (excludes halogenated alkanes) is 8. The van der Waals surface area contributed by atoms with Gasteiger partial charge in [-0.25, -0.2) is 0 Å². The summed E-state index contributed by atoms with van der Waals surface area (Å²) in [6, 6.07) is 0. The van der Waals surface area contributed by atoms with Crippen molar-refractivity contribution in [1.82, 2.24) is 0 Å². The molecule has 0 amide bonds. The summed E-state index contributed by atoms with van der Waals surface area (Å²) in [5.74, 6) is -0.117. The van der Waals surface area contributed by atoms with E-state index in [0.717, 1.165) is 25.7 Å². The lowest BCUT2D eigenvalue weighted by Crippen LogP contribution is -2.24. The van der Waals surface area contributed by atoms with Gasteiger partial charge in [-0.15, -0.1) is 0 Å². The summed E-state index contributed by atoms with van der Waals surface area (Å²) >= 11 is 0. The number of esters is 1. The van der Waals surface area contributed by atoms with Crippen molar-refractivity contribution >= 4 is 5.97 Å². The molecule has 0 aliphatic rings. The second kappa shape index (κ2) is 22.6. The molecule has 0 aliphatic heterocycles. The van der Waals surface area contributed by atoms with Crippen LogP contribution in [-0.2, 0) is 19.0 Å². The Morgan fingerprint density at radius 1 is 0.733 bits per heavy atom. The van der Waals surface area contributed by atoms with E-state index >= 15 is 0 Å². The lowest BCUT2D eigenvalue weighted by Gasteiger charge is -2.17. The lowest BCUT2D eigenvalue weighted by molar-refractivity contribution is -0.148.